The molecule has 1 amide bonds. The van der Waals surface area contributed by atoms with Crippen LogP contribution in [0.1, 0.15) is 10.4 Å². The largest absolute Gasteiger partial charge is 0.467 e. The van der Waals surface area contributed by atoms with Gasteiger partial charge in [0.25, 0.3) is 5.91 Å². The monoisotopic (exact) mass is 275 g/mol. The topological polar surface area (TPSA) is 64.1 Å². The van der Waals surface area contributed by atoms with Crippen LogP contribution < -0.4 is 10.1 Å². The molecule has 5 nitrogen and oxygen atoms in total. The van der Waals surface area contributed by atoms with Crippen molar-refractivity contribution < 1.29 is 9.53 Å². The Kier molecular flexibility index (Phi) is 4.35. The fraction of sp³-hybridized carbons (Fsp3) is 0.154. The van der Waals surface area contributed by atoms with Gasteiger partial charge in [0, 0.05) is 10.5 Å². The van der Waals surface area contributed by atoms with Crippen molar-refractivity contribution in [1.29, 1.82) is 0 Å². The summed E-state index contributed by atoms with van der Waals surface area (Å²) < 4.78 is 4.85. The Hall–Kier alpha value is -2.08. The fourth-order valence-electron chi connectivity index (χ4n) is 1.43. The molecular weight excluding hydrogens is 262 g/mol. The van der Waals surface area contributed by atoms with Crippen LogP contribution >= 0.6 is 11.8 Å². The predicted octanol–water partition coefficient (Wildman–Crippen LogP) is 2.46. The van der Waals surface area contributed by atoms with Crippen molar-refractivity contribution in [2.45, 2.75) is 4.90 Å². The van der Waals surface area contributed by atoms with Crippen molar-refractivity contribution in [3.8, 4) is 6.01 Å². The summed E-state index contributed by atoms with van der Waals surface area (Å²) in [4.78, 5) is 20.9. The lowest BCUT2D eigenvalue weighted by atomic mass is 10.2. The van der Waals surface area contributed by atoms with Crippen LogP contribution in [0.25, 0.3) is 0 Å². The summed E-state index contributed by atoms with van der Waals surface area (Å²) in [5.41, 5.74) is 1.12. The second-order valence-corrected chi connectivity index (χ2v) is 4.52. The molecule has 1 N–H and O–H groups in total. The number of benzene rings is 1. The van der Waals surface area contributed by atoms with E-state index in [9.17, 15) is 4.79 Å². The summed E-state index contributed by atoms with van der Waals surface area (Å²) in [5.74, 6) is -0.193. The average Bonchev–Trinajstić information content (AvgIpc) is 2.48. The highest BCUT2D eigenvalue weighted by Gasteiger charge is 2.06. The van der Waals surface area contributed by atoms with E-state index in [1.807, 2.05) is 18.4 Å². The molecule has 0 spiro atoms. The van der Waals surface area contributed by atoms with E-state index in [2.05, 4.69) is 15.3 Å². The van der Waals surface area contributed by atoms with E-state index in [4.69, 9.17) is 4.74 Å². The number of rotatable bonds is 4. The number of amides is 1. The van der Waals surface area contributed by atoms with Gasteiger partial charge in [-0.15, -0.1) is 11.8 Å². The van der Waals surface area contributed by atoms with Gasteiger partial charge < -0.3 is 10.1 Å². The molecule has 19 heavy (non-hydrogen) atoms. The Balaban J connectivity index is 2.06. The lowest BCUT2D eigenvalue weighted by Crippen LogP contribution is -2.12. The third kappa shape index (κ3) is 3.45. The van der Waals surface area contributed by atoms with E-state index in [-0.39, 0.29) is 11.9 Å². The Morgan fingerprint density at radius 1 is 1.21 bits per heavy atom. The van der Waals surface area contributed by atoms with Crippen LogP contribution in [0.5, 0.6) is 6.01 Å². The zero-order chi connectivity index (χ0) is 13.7. The molecule has 0 saturated carbocycles. The number of ether oxygens (including phenoxy) is 1. The molecule has 2 aromatic rings. The molecular formula is C13H13N3O2S. The molecule has 98 valence electrons. The second-order valence-electron chi connectivity index (χ2n) is 3.64. The zero-order valence-electron chi connectivity index (χ0n) is 10.6. The number of nitrogens with one attached hydrogen (secondary N) is 1. The molecule has 1 heterocycles. The lowest BCUT2D eigenvalue weighted by Gasteiger charge is -2.05. The van der Waals surface area contributed by atoms with Gasteiger partial charge in [-0.05, 0) is 30.5 Å². The van der Waals surface area contributed by atoms with Crippen molar-refractivity contribution in [2.75, 3.05) is 18.7 Å². The van der Waals surface area contributed by atoms with Crippen LogP contribution in [-0.2, 0) is 0 Å². The number of hydrogen-bond acceptors (Lipinski definition) is 5. The van der Waals surface area contributed by atoms with Crippen molar-refractivity contribution in [3.05, 3.63) is 42.2 Å². The number of carbonyl (C=O) groups is 1. The van der Waals surface area contributed by atoms with E-state index in [0.29, 0.717) is 11.3 Å². The molecule has 0 aliphatic carbocycles. The number of methoxy groups -OCH3 is 1. The van der Waals surface area contributed by atoms with Gasteiger partial charge in [0.15, 0.2) is 0 Å². The van der Waals surface area contributed by atoms with Crippen LogP contribution in [0.3, 0.4) is 0 Å². The first-order valence-corrected chi connectivity index (χ1v) is 6.77. The quantitative estimate of drug-likeness (QED) is 0.868. The van der Waals surface area contributed by atoms with Crippen molar-refractivity contribution in [1.82, 2.24) is 9.97 Å². The number of carbonyl (C=O) groups excluding carboxylic acids is 1. The van der Waals surface area contributed by atoms with E-state index in [1.54, 1.807) is 23.9 Å². The maximum absolute atomic E-state index is 12.0. The van der Waals surface area contributed by atoms with E-state index in [0.717, 1.165) is 4.90 Å². The SMILES string of the molecule is COc1ncc(NC(=O)c2ccc(SC)cc2)cn1. The lowest BCUT2D eigenvalue weighted by molar-refractivity contribution is 0.102. The Morgan fingerprint density at radius 3 is 2.37 bits per heavy atom. The average molecular weight is 275 g/mol. The maximum Gasteiger partial charge on any atom is 0.316 e. The first kappa shape index (κ1) is 13.4. The highest BCUT2D eigenvalue weighted by molar-refractivity contribution is 7.98. The third-order valence-electron chi connectivity index (χ3n) is 2.42. The van der Waals surface area contributed by atoms with E-state index >= 15 is 0 Å². The van der Waals surface area contributed by atoms with E-state index < -0.39 is 0 Å². The molecule has 0 unspecified atom stereocenters. The Labute approximate surface area is 115 Å². The Morgan fingerprint density at radius 2 is 1.84 bits per heavy atom. The van der Waals surface area contributed by atoms with Crippen LogP contribution in [0.2, 0.25) is 0 Å². The fourth-order valence-corrected chi connectivity index (χ4v) is 1.84. The van der Waals surface area contributed by atoms with Gasteiger partial charge in [-0.25, -0.2) is 9.97 Å². The number of aromatic nitrogens is 2. The van der Waals surface area contributed by atoms with Gasteiger partial charge in [0.05, 0.1) is 25.2 Å². The summed E-state index contributed by atoms with van der Waals surface area (Å²) in [7, 11) is 1.49. The standard InChI is InChI=1S/C13H13N3O2S/c1-18-13-14-7-10(8-15-13)16-12(17)9-3-5-11(19-2)6-4-9/h3-8H,1-2H3,(H,16,17). The van der Waals surface area contributed by atoms with Crippen LogP contribution in [0.4, 0.5) is 5.69 Å². The van der Waals surface area contributed by atoms with Crippen molar-refractivity contribution in [3.63, 3.8) is 0 Å². The first-order valence-electron chi connectivity index (χ1n) is 5.54. The zero-order valence-corrected chi connectivity index (χ0v) is 11.4. The number of nitrogens with zero attached hydrogens (tertiary/aromatic N) is 2. The highest BCUT2D eigenvalue weighted by atomic mass is 32.2. The van der Waals surface area contributed by atoms with Gasteiger partial charge in [0.2, 0.25) is 0 Å². The highest BCUT2D eigenvalue weighted by Crippen LogP contribution is 2.16. The molecule has 0 radical (unpaired) electrons. The molecule has 6 heteroatoms. The third-order valence-corrected chi connectivity index (χ3v) is 3.16. The van der Waals surface area contributed by atoms with Gasteiger partial charge in [0.1, 0.15) is 0 Å². The molecule has 0 saturated heterocycles. The molecule has 0 aliphatic heterocycles. The summed E-state index contributed by atoms with van der Waals surface area (Å²) in [6.07, 6.45) is 4.99. The van der Waals surface area contributed by atoms with Gasteiger partial charge in [-0.3, -0.25) is 4.79 Å². The minimum Gasteiger partial charge on any atom is -0.467 e. The van der Waals surface area contributed by atoms with Crippen LogP contribution in [0.15, 0.2) is 41.6 Å². The van der Waals surface area contributed by atoms with Crippen LogP contribution in [-0.4, -0.2) is 29.2 Å². The second kappa shape index (κ2) is 6.19. The van der Waals surface area contributed by atoms with Crippen molar-refractivity contribution in [2.24, 2.45) is 0 Å². The number of hydrogen-bond donors (Lipinski definition) is 1. The maximum atomic E-state index is 12.0. The van der Waals surface area contributed by atoms with Gasteiger partial charge in [-0.2, -0.15) is 0 Å². The number of anilines is 1. The molecule has 1 aromatic heterocycles. The molecule has 0 aliphatic rings. The Bertz CT molecular complexity index is 555. The normalized spacial score (nSPS) is 10.0. The van der Waals surface area contributed by atoms with E-state index in [1.165, 1.54) is 19.5 Å². The van der Waals surface area contributed by atoms with Gasteiger partial charge >= 0.3 is 6.01 Å². The molecule has 0 bridgehead atoms. The van der Waals surface area contributed by atoms with Gasteiger partial charge in [-0.1, -0.05) is 0 Å². The van der Waals surface area contributed by atoms with Crippen molar-refractivity contribution >= 4 is 23.4 Å². The number of thioether (sulfide) groups is 1. The minimum atomic E-state index is -0.193. The molecule has 0 atom stereocenters. The molecule has 1 aromatic carbocycles. The molecule has 0 fully saturated rings. The first-order chi connectivity index (χ1) is 9.22. The molecule has 2 rings (SSSR count). The summed E-state index contributed by atoms with van der Waals surface area (Å²) >= 11 is 1.63. The summed E-state index contributed by atoms with van der Waals surface area (Å²) in [6, 6.07) is 7.65. The smallest absolute Gasteiger partial charge is 0.316 e. The summed E-state index contributed by atoms with van der Waals surface area (Å²) in [6.45, 7) is 0. The summed E-state index contributed by atoms with van der Waals surface area (Å²) in [5, 5.41) is 2.72. The minimum absolute atomic E-state index is 0.193. The predicted molar refractivity (Wildman–Crippen MR) is 74.8 cm³/mol. The van der Waals surface area contributed by atoms with Crippen LogP contribution in [0, 0.1) is 0 Å².